The van der Waals surface area contributed by atoms with Crippen LogP contribution in [0.25, 0.3) is 0 Å². The van der Waals surface area contributed by atoms with Crippen molar-refractivity contribution in [1.82, 2.24) is 0 Å². The highest BCUT2D eigenvalue weighted by atomic mass is 16.6. The molecule has 0 aromatic rings. The van der Waals surface area contributed by atoms with E-state index in [1.165, 1.54) is 109 Å². The van der Waals surface area contributed by atoms with Gasteiger partial charge in [0.25, 0.3) is 0 Å². The summed E-state index contributed by atoms with van der Waals surface area (Å²) in [6.07, 6.45) is 61.4. The van der Waals surface area contributed by atoms with Crippen LogP contribution in [-0.2, 0) is 28.6 Å². The second-order valence-corrected chi connectivity index (χ2v) is 16.1. The number of hydrogen-bond acceptors (Lipinski definition) is 6. The van der Waals surface area contributed by atoms with Gasteiger partial charge in [-0.3, -0.25) is 14.4 Å². The largest absolute Gasteiger partial charge is 0.462 e. The fourth-order valence-electron chi connectivity index (χ4n) is 6.56. The van der Waals surface area contributed by atoms with E-state index in [2.05, 4.69) is 51.2 Å². The topological polar surface area (TPSA) is 78.9 Å². The van der Waals surface area contributed by atoms with Crippen molar-refractivity contribution >= 4 is 17.9 Å². The molecule has 0 aliphatic rings. The quantitative estimate of drug-likeness (QED) is 0.0200. The summed E-state index contributed by atoms with van der Waals surface area (Å²) in [5.74, 6) is -0.992. The molecule has 0 aliphatic carbocycles. The van der Waals surface area contributed by atoms with Crippen LogP contribution in [0.15, 0.2) is 85.1 Å². The van der Waals surface area contributed by atoms with Gasteiger partial charge in [0.1, 0.15) is 13.2 Å². The number of rotatable bonds is 43. The Bertz CT molecular complexity index is 1190. The van der Waals surface area contributed by atoms with Gasteiger partial charge in [-0.1, -0.05) is 221 Å². The molecule has 6 heteroatoms. The smallest absolute Gasteiger partial charge is 0.306 e. The van der Waals surface area contributed by atoms with E-state index >= 15 is 0 Å². The minimum absolute atomic E-state index is 0.107. The van der Waals surface area contributed by atoms with Gasteiger partial charge in [0.15, 0.2) is 6.10 Å². The monoisotopic (exact) mass is 835 g/mol. The first-order valence-corrected chi connectivity index (χ1v) is 24.7. The molecular weight excluding hydrogens is 745 g/mol. The van der Waals surface area contributed by atoms with Crippen LogP contribution in [0, 0.1) is 0 Å². The Morgan fingerprint density at radius 1 is 0.367 bits per heavy atom. The molecule has 0 amide bonds. The molecule has 6 nitrogen and oxygen atoms in total. The fraction of sp³-hybridized carbons (Fsp3) is 0.685. The van der Waals surface area contributed by atoms with Crippen LogP contribution >= 0.6 is 0 Å². The van der Waals surface area contributed by atoms with Gasteiger partial charge in [0, 0.05) is 19.3 Å². The predicted molar refractivity (Wildman–Crippen MR) is 256 cm³/mol. The van der Waals surface area contributed by atoms with E-state index in [-0.39, 0.29) is 37.5 Å². The minimum Gasteiger partial charge on any atom is -0.462 e. The predicted octanol–water partition coefficient (Wildman–Crippen LogP) is 16.0. The Balaban J connectivity index is 4.47. The van der Waals surface area contributed by atoms with Gasteiger partial charge < -0.3 is 14.2 Å². The molecule has 1 unspecified atom stereocenters. The summed E-state index contributed by atoms with van der Waals surface area (Å²) in [4.78, 5) is 37.8. The van der Waals surface area contributed by atoms with Crippen molar-refractivity contribution < 1.29 is 28.6 Å². The number of unbranched alkanes of at least 4 members (excludes halogenated alkanes) is 22. The summed E-state index contributed by atoms with van der Waals surface area (Å²) in [5.41, 5.74) is 0. The lowest BCUT2D eigenvalue weighted by Gasteiger charge is -2.18. The second kappa shape index (κ2) is 48.3. The molecule has 0 radical (unpaired) electrons. The van der Waals surface area contributed by atoms with Crippen molar-refractivity contribution in [3.8, 4) is 0 Å². The molecule has 1 atom stereocenters. The number of esters is 3. The summed E-state index contributed by atoms with van der Waals surface area (Å²) in [7, 11) is 0. The molecule has 0 spiro atoms. The molecule has 342 valence electrons. The lowest BCUT2D eigenvalue weighted by molar-refractivity contribution is -0.167. The van der Waals surface area contributed by atoms with Gasteiger partial charge in [0.2, 0.25) is 0 Å². The Kier molecular flexibility index (Phi) is 45.5. The van der Waals surface area contributed by atoms with E-state index in [4.69, 9.17) is 14.2 Å². The number of ether oxygens (including phenoxy) is 3. The zero-order valence-electron chi connectivity index (χ0n) is 38.9. The number of carbonyl (C=O) groups excluding carboxylic acids is 3. The van der Waals surface area contributed by atoms with Gasteiger partial charge in [-0.2, -0.15) is 0 Å². The number of allylic oxidation sites excluding steroid dienone is 14. The SMILES string of the molecule is CC\C=C/C=C\C=C/C=C\C=C/CCCC(=O)OC(COC(=O)CCCCCCCCC/C=C\C/C=C\CCCCC)COC(=O)CCCCCCCCCCCCCC. The van der Waals surface area contributed by atoms with Gasteiger partial charge in [-0.05, 0) is 64.2 Å². The van der Waals surface area contributed by atoms with E-state index in [1.807, 2.05) is 54.7 Å². The maximum Gasteiger partial charge on any atom is 0.306 e. The lowest BCUT2D eigenvalue weighted by Crippen LogP contribution is -2.30. The molecule has 0 heterocycles. The number of carbonyl (C=O) groups is 3. The van der Waals surface area contributed by atoms with E-state index in [0.717, 1.165) is 64.2 Å². The minimum atomic E-state index is -0.814. The molecular formula is C54H90O6. The van der Waals surface area contributed by atoms with Crippen LogP contribution in [0.4, 0.5) is 0 Å². The lowest BCUT2D eigenvalue weighted by atomic mass is 10.0. The van der Waals surface area contributed by atoms with Crippen LogP contribution < -0.4 is 0 Å². The summed E-state index contributed by atoms with van der Waals surface area (Å²) in [6, 6.07) is 0. The van der Waals surface area contributed by atoms with Gasteiger partial charge in [-0.15, -0.1) is 0 Å². The highest BCUT2D eigenvalue weighted by molar-refractivity contribution is 5.71. The molecule has 0 saturated heterocycles. The molecule has 0 aliphatic heterocycles. The van der Waals surface area contributed by atoms with Crippen molar-refractivity contribution in [3.63, 3.8) is 0 Å². The third-order valence-electron chi connectivity index (χ3n) is 10.3. The Morgan fingerprint density at radius 3 is 1.22 bits per heavy atom. The maximum absolute atomic E-state index is 12.7. The Hall–Kier alpha value is -3.41. The van der Waals surface area contributed by atoms with Crippen LogP contribution in [0.3, 0.4) is 0 Å². The third kappa shape index (κ3) is 45.7. The molecule has 0 aromatic heterocycles. The van der Waals surface area contributed by atoms with Crippen molar-refractivity contribution in [2.75, 3.05) is 13.2 Å². The maximum atomic E-state index is 12.7. The van der Waals surface area contributed by atoms with Crippen molar-refractivity contribution in [1.29, 1.82) is 0 Å². The normalized spacial score (nSPS) is 12.8. The fourth-order valence-corrected chi connectivity index (χ4v) is 6.56. The molecule has 60 heavy (non-hydrogen) atoms. The van der Waals surface area contributed by atoms with E-state index < -0.39 is 6.10 Å². The first-order chi connectivity index (χ1) is 29.5. The molecule has 0 fully saturated rings. The summed E-state index contributed by atoms with van der Waals surface area (Å²) in [6.45, 7) is 6.39. The van der Waals surface area contributed by atoms with Crippen molar-refractivity contribution in [2.45, 2.75) is 226 Å². The van der Waals surface area contributed by atoms with Crippen molar-refractivity contribution in [3.05, 3.63) is 85.1 Å². The average molecular weight is 835 g/mol. The zero-order valence-corrected chi connectivity index (χ0v) is 38.9. The summed E-state index contributed by atoms with van der Waals surface area (Å²) >= 11 is 0. The molecule has 0 N–H and O–H groups in total. The van der Waals surface area contributed by atoms with Gasteiger partial charge in [-0.25, -0.2) is 0 Å². The van der Waals surface area contributed by atoms with Crippen LogP contribution in [0.1, 0.15) is 220 Å². The van der Waals surface area contributed by atoms with E-state index in [0.29, 0.717) is 19.3 Å². The third-order valence-corrected chi connectivity index (χ3v) is 10.3. The van der Waals surface area contributed by atoms with Crippen LogP contribution in [-0.4, -0.2) is 37.2 Å². The first kappa shape index (κ1) is 56.6. The highest BCUT2D eigenvalue weighted by Crippen LogP contribution is 2.14. The molecule has 0 aromatic carbocycles. The Morgan fingerprint density at radius 2 is 0.733 bits per heavy atom. The first-order valence-electron chi connectivity index (χ1n) is 24.7. The zero-order chi connectivity index (χ0) is 43.7. The van der Waals surface area contributed by atoms with Gasteiger partial charge >= 0.3 is 17.9 Å². The van der Waals surface area contributed by atoms with Crippen LogP contribution in [0.2, 0.25) is 0 Å². The van der Waals surface area contributed by atoms with E-state index in [9.17, 15) is 14.4 Å². The molecule has 0 rings (SSSR count). The Labute approximate surface area is 369 Å². The number of hydrogen-bond donors (Lipinski definition) is 0. The standard InChI is InChI=1S/C54H90O6/c1-4-7-10-13-16-19-22-25-26-27-28-30-32-35-38-41-44-47-53(56)59-50-51(49-58-52(55)46-43-40-37-34-31-24-21-18-15-12-9-6-3)60-54(57)48-45-42-39-36-33-29-23-20-17-14-11-8-5-2/h8,11,14,16-17,19-20,23,25-26,29,33,36,39,51H,4-7,9-10,12-13,15,18,21-22,24,27-28,30-32,34-35,37-38,40-50H2,1-3H3/b11-8-,17-14-,19-16-,23-20-,26-25-,33-29-,39-36-. The summed E-state index contributed by atoms with van der Waals surface area (Å²) < 4.78 is 16.7. The molecule has 0 bridgehead atoms. The van der Waals surface area contributed by atoms with E-state index in [1.54, 1.807) is 0 Å². The van der Waals surface area contributed by atoms with Crippen LogP contribution in [0.5, 0.6) is 0 Å². The second-order valence-electron chi connectivity index (χ2n) is 16.1. The summed E-state index contributed by atoms with van der Waals surface area (Å²) in [5, 5.41) is 0. The average Bonchev–Trinajstić information content (AvgIpc) is 3.24. The van der Waals surface area contributed by atoms with Gasteiger partial charge in [0.05, 0.1) is 0 Å². The molecule has 0 saturated carbocycles. The van der Waals surface area contributed by atoms with Crippen molar-refractivity contribution in [2.24, 2.45) is 0 Å². The highest BCUT2D eigenvalue weighted by Gasteiger charge is 2.19.